The van der Waals surface area contributed by atoms with Gasteiger partial charge in [-0.1, -0.05) is 0 Å². The van der Waals surface area contributed by atoms with Crippen molar-refractivity contribution >= 4 is 0 Å². The Hall–Kier alpha value is -3.05. The molecule has 1 saturated heterocycles. The highest BCUT2D eigenvalue weighted by atomic mass is 16.5. The Morgan fingerprint density at radius 1 is 1.10 bits per heavy atom. The van der Waals surface area contributed by atoms with E-state index in [0.29, 0.717) is 28.8 Å². The van der Waals surface area contributed by atoms with Crippen molar-refractivity contribution in [3.05, 3.63) is 35.7 Å². The van der Waals surface area contributed by atoms with Crippen LogP contribution in [0.4, 0.5) is 0 Å². The predicted molar refractivity (Wildman–Crippen MR) is 106 cm³/mol. The third kappa shape index (κ3) is 4.69. The van der Waals surface area contributed by atoms with Crippen molar-refractivity contribution in [2.75, 3.05) is 34.4 Å². The van der Waals surface area contributed by atoms with E-state index in [2.05, 4.69) is 27.9 Å². The summed E-state index contributed by atoms with van der Waals surface area (Å²) < 4.78 is 21.8. The Labute approximate surface area is 171 Å². The van der Waals surface area contributed by atoms with Crippen molar-refractivity contribution in [2.45, 2.75) is 31.9 Å². The van der Waals surface area contributed by atoms with Crippen LogP contribution in [-0.4, -0.2) is 55.4 Å². The number of likely N-dealkylation sites (tertiary alicyclic amines) is 1. The minimum absolute atomic E-state index is 0.0713. The van der Waals surface area contributed by atoms with Gasteiger partial charge in [0, 0.05) is 25.2 Å². The number of methoxy groups -OCH3 is 3. The number of hydrogen-bond acceptors (Lipinski definition) is 8. The zero-order valence-electron chi connectivity index (χ0n) is 17.2. The van der Waals surface area contributed by atoms with Gasteiger partial charge in [0.25, 0.3) is 5.88 Å². The Morgan fingerprint density at radius 3 is 2.45 bits per heavy atom. The first-order valence-corrected chi connectivity index (χ1v) is 9.53. The van der Waals surface area contributed by atoms with Crippen LogP contribution in [0, 0.1) is 11.3 Å². The molecule has 2 aromatic rings. The Balaban J connectivity index is 1.60. The number of aromatic nitrogens is 2. The number of nitriles is 1. The zero-order chi connectivity index (χ0) is 20.8. The van der Waals surface area contributed by atoms with E-state index in [9.17, 15) is 0 Å². The minimum Gasteiger partial charge on any atom is -0.495 e. The number of piperidine rings is 1. The monoisotopic (exact) mass is 398 g/mol. The van der Waals surface area contributed by atoms with Gasteiger partial charge >= 0.3 is 0 Å². The summed E-state index contributed by atoms with van der Waals surface area (Å²) in [4.78, 5) is 11.2. The molecule has 1 fully saturated rings. The molecule has 1 atom stereocenters. The van der Waals surface area contributed by atoms with E-state index in [4.69, 9.17) is 24.2 Å². The third-order valence-electron chi connectivity index (χ3n) is 5.18. The number of ether oxygens (including phenoxy) is 4. The molecular weight excluding hydrogens is 372 g/mol. The molecule has 1 unspecified atom stereocenters. The first-order valence-electron chi connectivity index (χ1n) is 9.53. The van der Waals surface area contributed by atoms with E-state index in [1.54, 1.807) is 20.3 Å². The van der Waals surface area contributed by atoms with Gasteiger partial charge in [0.05, 0.1) is 33.2 Å². The van der Waals surface area contributed by atoms with Gasteiger partial charge in [-0.3, -0.25) is 4.90 Å². The fourth-order valence-electron chi connectivity index (χ4n) is 3.45. The van der Waals surface area contributed by atoms with Crippen LogP contribution in [0.25, 0.3) is 0 Å². The van der Waals surface area contributed by atoms with E-state index in [-0.39, 0.29) is 12.1 Å². The maximum Gasteiger partial charge on any atom is 0.257 e. The molecule has 0 saturated carbocycles. The van der Waals surface area contributed by atoms with Crippen molar-refractivity contribution in [2.24, 2.45) is 0 Å². The molecule has 0 N–H and O–H groups in total. The Bertz CT molecular complexity index is 875. The van der Waals surface area contributed by atoms with Crippen LogP contribution in [0.3, 0.4) is 0 Å². The summed E-state index contributed by atoms with van der Waals surface area (Å²) in [6.07, 6.45) is 3.30. The van der Waals surface area contributed by atoms with Gasteiger partial charge in [-0.2, -0.15) is 5.26 Å². The van der Waals surface area contributed by atoms with Gasteiger partial charge in [-0.25, -0.2) is 9.97 Å². The fourth-order valence-corrected chi connectivity index (χ4v) is 3.45. The Morgan fingerprint density at radius 2 is 1.83 bits per heavy atom. The second-order valence-corrected chi connectivity index (χ2v) is 6.81. The van der Waals surface area contributed by atoms with Crippen LogP contribution in [0.2, 0.25) is 0 Å². The lowest BCUT2D eigenvalue weighted by Gasteiger charge is -2.35. The topological polar surface area (TPSA) is 89.7 Å². The van der Waals surface area contributed by atoms with Gasteiger partial charge in [0.15, 0.2) is 5.75 Å². The number of hydrogen-bond donors (Lipinski definition) is 0. The minimum atomic E-state index is 0.0713. The largest absolute Gasteiger partial charge is 0.495 e. The molecule has 0 amide bonds. The SMILES string of the molecule is COc1cc(OC2CCN(C(C)c3ccc(OC)c(OC)n3)CC2)ncc1C#N. The first kappa shape index (κ1) is 20.7. The molecule has 1 aliphatic heterocycles. The molecule has 29 heavy (non-hydrogen) atoms. The van der Waals surface area contributed by atoms with Gasteiger partial charge < -0.3 is 18.9 Å². The number of nitrogens with zero attached hydrogens (tertiary/aromatic N) is 4. The van der Waals surface area contributed by atoms with Crippen molar-refractivity contribution in [3.63, 3.8) is 0 Å². The van der Waals surface area contributed by atoms with E-state index < -0.39 is 0 Å². The lowest BCUT2D eigenvalue weighted by atomic mass is 10.0. The maximum absolute atomic E-state index is 9.06. The summed E-state index contributed by atoms with van der Waals surface area (Å²) in [7, 11) is 4.72. The fraction of sp³-hybridized carbons (Fsp3) is 0.476. The third-order valence-corrected chi connectivity index (χ3v) is 5.18. The summed E-state index contributed by atoms with van der Waals surface area (Å²) in [6, 6.07) is 7.74. The first-order chi connectivity index (χ1) is 14.1. The van der Waals surface area contributed by atoms with Crippen molar-refractivity contribution < 1.29 is 18.9 Å². The van der Waals surface area contributed by atoms with Gasteiger partial charge in [0.2, 0.25) is 5.88 Å². The molecule has 3 rings (SSSR count). The van der Waals surface area contributed by atoms with Crippen molar-refractivity contribution in [3.8, 4) is 29.3 Å². The molecule has 8 heteroatoms. The molecule has 0 radical (unpaired) electrons. The highest BCUT2D eigenvalue weighted by Gasteiger charge is 2.26. The van der Waals surface area contributed by atoms with Crippen LogP contribution < -0.4 is 18.9 Å². The normalized spacial score (nSPS) is 16.0. The molecule has 0 aromatic carbocycles. The summed E-state index contributed by atoms with van der Waals surface area (Å²) >= 11 is 0. The number of pyridine rings is 2. The molecule has 8 nitrogen and oxygen atoms in total. The lowest BCUT2D eigenvalue weighted by molar-refractivity contribution is 0.0754. The average molecular weight is 398 g/mol. The highest BCUT2D eigenvalue weighted by molar-refractivity contribution is 5.43. The van der Waals surface area contributed by atoms with Crippen molar-refractivity contribution in [1.29, 1.82) is 5.26 Å². The molecule has 0 bridgehead atoms. The van der Waals surface area contributed by atoms with Crippen molar-refractivity contribution in [1.82, 2.24) is 14.9 Å². The summed E-state index contributed by atoms with van der Waals surface area (Å²) in [5.74, 6) is 2.08. The smallest absolute Gasteiger partial charge is 0.257 e. The van der Waals surface area contributed by atoms with Gasteiger partial charge in [0.1, 0.15) is 23.5 Å². The van der Waals surface area contributed by atoms with Crippen LogP contribution in [0.1, 0.15) is 37.1 Å². The maximum atomic E-state index is 9.06. The molecule has 2 aromatic heterocycles. The van der Waals surface area contributed by atoms with E-state index in [1.165, 1.54) is 13.3 Å². The van der Waals surface area contributed by atoms with E-state index in [0.717, 1.165) is 31.6 Å². The molecule has 1 aliphatic rings. The zero-order valence-corrected chi connectivity index (χ0v) is 17.2. The van der Waals surface area contributed by atoms with Crippen LogP contribution >= 0.6 is 0 Å². The molecular formula is C21H26N4O4. The summed E-state index contributed by atoms with van der Waals surface area (Å²) in [5.41, 5.74) is 1.34. The second-order valence-electron chi connectivity index (χ2n) is 6.81. The van der Waals surface area contributed by atoms with Crippen LogP contribution in [0.15, 0.2) is 24.4 Å². The van der Waals surface area contributed by atoms with Gasteiger partial charge in [-0.05, 0) is 31.9 Å². The molecule has 0 spiro atoms. The standard InChI is InChI=1S/C21H26N4O4/c1-14(17-5-6-18(26-2)21(24-17)28-4)25-9-7-16(8-10-25)29-20-11-19(27-3)15(12-22)13-23-20/h5-6,11,13-14,16H,7-10H2,1-4H3. The van der Waals surface area contributed by atoms with E-state index in [1.807, 2.05) is 12.1 Å². The summed E-state index contributed by atoms with van der Waals surface area (Å²) in [6.45, 7) is 3.91. The quantitative estimate of drug-likeness (QED) is 0.703. The number of rotatable bonds is 7. The lowest BCUT2D eigenvalue weighted by Crippen LogP contribution is -2.39. The molecule has 0 aliphatic carbocycles. The molecule has 154 valence electrons. The van der Waals surface area contributed by atoms with Crippen LogP contribution in [0.5, 0.6) is 23.3 Å². The van der Waals surface area contributed by atoms with Crippen LogP contribution in [-0.2, 0) is 0 Å². The molecule has 3 heterocycles. The summed E-state index contributed by atoms with van der Waals surface area (Å²) in [5, 5.41) is 9.06. The average Bonchev–Trinajstić information content (AvgIpc) is 2.78. The highest BCUT2D eigenvalue weighted by Crippen LogP contribution is 2.30. The Kier molecular flexibility index (Phi) is 6.73. The van der Waals surface area contributed by atoms with E-state index >= 15 is 0 Å². The second kappa shape index (κ2) is 9.43. The van der Waals surface area contributed by atoms with Gasteiger partial charge in [-0.15, -0.1) is 0 Å². The predicted octanol–water partition coefficient (Wildman–Crippen LogP) is 2.98.